The molecular weight excluding hydrogens is 823 g/mol. The number of fused-ring (bicyclic) bond motifs is 2. The van der Waals surface area contributed by atoms with Gasteiger partial charge in [-0.3, -0.25) is 30.8 Å². The first-order chi connectivity index (χ1) is 31.4. The average molecular weight is 890 g/mol. The Morgan fingerprint density at radius 1 is 0.646 bits per heavy atom. The van der Waals surface area contributed by atoms with E-state index >= 15 is 0 Å². The third-order valence-corrected chi connectivity index (χ3v) is 11.1. The van der Waals surface area contributed by atoms with Crippen molar-refractivity contribution in [1.82, 2.24) is 16.0 Å². The van der Waals surface area contributed by atoms with Gasteiger partial charge in [-0.2, -0.15) is 0 Å². The second kappa shape index (κ2) is 25.0. The maximum absolute atomic E-state index is 14.2. The van der Waals surface area contributed by atoms with Gasteiger partial charge in [0.1, 0.15) is 36.2 Å². The molecule has 0 fully saturated rings. The van der Waals surface area contributed by atoms with Crippen molar-refractivity contribution in [2.24, 2.45) is 23.3 Å². The summed E-state index contributed by atoms with van der Waals surface area (Å²) in [5.41, 5.74) is 17.6. The zero-order valence-corrected chi connectivity index (χ0v) is 38.2. The molecule has 14 heteroatoms. The Balaban J connectivity index is 1.37. The van der Waals surface area contributed by atoms with E-state index in [4.69, 9.17) is 25.7 Å². The van der Waals surface area contributed by atoms with Gasteiger partial charge >= 0.3 is 11.9 Å². The third-order valence-electron chi connectivity index (χ3n) is 11.1. The Bertz CT molecular complexity index is 2380. The summed E-state index contributed by atoms with van der Waals surface area (Å²) in [6.45, 7) is 9.06. The predicted octanol–water partition coefficient (Wildman–Crippen LogP) is 3.86. The maximum Gasteiger partial charge on any atom is 0.338 e. The second-order valence-electron chi connectivity index (χ2n) is 17.0. The van der Waals surface area contributed by atoms with Gasteiger partial charge in [-0.15, -0.1) is 0 Å². The number of unbranched alkanes of at least 4 members (excludes halogenated alkanes) is 1. The standard InChI is InChI=1S/C51H65N7O7/c1-33(2)27-30-63-42-25-23-36-17-8-10-19-38(36)45(42)46-39-20-11-9-18-37(39)24-26-43(46)64-32-44(59)56-40(21-12-13-28-52)48(60)57-41(22-14-29-55-51(53)54)49(61)58-47(34(3)4)50(62)65-31-35-15-6-5-7-16-35/h5-11,15-20,23-26,33-34,40-41,47H,12-14,21-22,27-32,52H2,1-4H3,(H,56,59)(H,57,60)(H,58,61)(H4,53,54,55)/p+2/t40-,41-,47+/m1/s1. The van der Waals surface area contributed by atoms with Gasteiger partial charge in [-0.05, 0) is 89.6 Å². The van der Waals surface area contributed by atoms with Gasteiger partial charge in [0.25, 0.3) is 5.91 Å². The molecule has 0 unspecified atom stereocenters. The van der Waals surface area contributed by atoms with E-state index in [2.05, 4.69) is 52.7 Å². The summed E-state index contributed by atoms with van der Waals surface area (Å²) in [6, 6.07) is 30.1. The van der Waals surface area contributed by atoms with Crippen molar-refractivity contribution in [2.45, 2.75) is 91.0 Å². The molecule has 5 aromatic rings. The fourth-order valence-electron chi connectivity index (χ4n) is 7.49. The lowest BCUT2D eigenvalue weighted by Gasteiger charge is -2.26. The normalized spacial score (nSPS) is 12.6. The molecule has 11 N–H and O–H groups in total. The third kappa shape index (κ3) is 14.7. The molecule has 3 amide bonds. The Hall–Kier alpha value is -6.67. The Labute approximate surface area is 382 Å². The van der Waals surface area contributed by atoms with E-state index in [1.807, 2.05) is 91.0 Å². The van der Waals surface area contributed by atoms with Crippen molar-refractivity contribution in [2.75, 3.05) is 26.3 Å². The molecule has 0 saturated carbocycles. The number of ether oxygens (including phenoxy) is 3. The number of rotatable bonds is 25. The van der Waals surface area contributed by atoms with Crippen LogP contribution >= 0.6 is 0 Å². The summed E-state index contributed by atoms with van der Waals surface area (Å²) >= 11 is 0. The fraction of sp³-hybridized carbons (Fsp3) is 0.392. The number of guanidine groups is 1. The lowest BCUT2D eigenvalue weighted by Crippen LogP contribution is -2.78. The van der Waals surface area contributed by atoms with Crippen LogP contribution in [0.2, 0.25) is 0 Å². The van der Waals surface area contributed by atoms with E-state index in [-0.39, 0.29) is 31.3 Å². The average Bonchev–Trinajstić information content (AvgIpc) is 3.29. The Kier molecular flexibility index (Phi) is 19.0. The highest BCUT2D eigenvalue weighted by Gasteiger charge is 2.32. The summed E-state index contributed by atoms with van der Waals surface area (Å²) in [6.07, 6.45) is 3.04. The van der Waals surface area contributed by atoms with E-state index in [1.165, 1.54) is 0 Å². The molecule has 0 radical (unpaired) electrons. The van der Waals surface area contributed by atoms with Crippen LogP contribution in [0.5, 0.6) is 11.5 Å². The zero-order valence-electron chi connectivity index (χ0n) is 38.2. The van der Waals surface area contributed by atoms with E-state index in [9.17, 15) is 19.2 Å². The fourth-order valence-corrected chi connectivity index (χ4v) is 7.49. The summed E-state index contributed by atoms with van der Waals surface area (Å²) in [4.78, 5) is 58.1. The van der Waals surface area contributed by atoms with Crippen molar-refractivity contribution in [1.29, 1.82) is 0 Å². The van der Waals surface area contributed by atoms with Crippen molar-refractivity contribution in [3.05, 3.63) is 109 Å². The van der Waals surface area contributed by atoms with Gasteiger partial charge in [0.2, 0.25) is 11.8 Å². The van der Waals surface area contributed by atoms with Gasteiger partial charge in [0.15, 0.2) is 6.61 Å². The Morgan fingerprint density at radius 2 is 1.22 bits per heavy atom. The number of esters is 1. The minimum Gasteiger partial charge on any atom is -0.493 e. The smallest absolute Gasteiger partial charge is 0.338 e. The molecule has 0 spiro atoms. The highest BCUT2D eigenvalue weighted by atomic mass is 16.5. The Morgan fingerprint density at radius 3 is 1.82 bits per heavy atom. The minimum atomic E-state index is -1.08. The number of hydrogen-bond acceptors (Lipinski definition) is 7. The van der Waals surface area contributed by atoms with Crippen molar-refractivity contribution in [3.8, 4) is 22.6 Å². The summed E-state index contributed by atoms with van der Waals surface area (Å²) in [5.74, 6) is -0.915. The molecule has 0 aliphatic carbocycles. The largest absolute Gasteiger partial charge is 0.493 e. The SMILES string of the molecule is CC(C)CCOc1ccc2ccccc2c1-c1c(OCC(=O)N[C@H](CCCC[NH3+])C(=O)N[C@H](CCC[NH+]=C(N)N)C(=O)N[C@H](C(=O)OCc2ccccc2)C(C)C)ccc2ccccc12. The number of carbonyl (C=O) groups is 4. The van der Waals surface area contributed by atoms with Crippen LogP contribution in [0.15, 0.2) is 103 Å². The first kappa shape index (κ1) is 49.3. The molecule has 0 heterocycles. The monoisotopic (exact) mass is 890 g/mol. The van der Waals surface area contributed by atoms with Gasteiger partial charge < -0.3 is 35.9 Å². The van der Waals surface area contributed by atoms with Gasteiger partial charge in [-0.25, -0.2) is 4.79 Å². The van der Waals surface area contributed by atoms with Crippen LogP contribution in [0.1, 0.15) is 71.8 Å². The molecular formula is C51H67N7O7+2. The molecule has 0 aliphatic rings. The second-order valence-corrected chi connectivity index (χ2v) is 17.0. The predicted molar refractivity (Wildman–Crippen MR) is 254 cm³/mol. The summed E-state index contributed by atoms with van der Waals surface area (Å²) in [5, 5.41) is 12.5. The highest BCUT2D eigenvalue weighted by molar-refractivity contribution is 6.10. The molecule has 0 saturated heterocycles. The first-order valence-corrected chi connectivity index (χ1v) is 22.7. The molecule has 3 atom stereocenters. The molecule has 346 valence electrons. The molecule has 0 aromatic heterocycles. The number of benzene rings is 5. The minimum absolute atomic E-state index is 0.0230. The molecule has 0 aliphatic heterocycles. The number of carbonyl (C=O) groups excluding carboxylic acids is 4. The number of nitrogens with two attached hydrogens (primary N) is 2. The first-order valence-electron chi connectivity index (χ1n) is 22.7. The van der Waals surface area contributed by atoms with E-state index < -0.39 is 48.4 Å². The molecule has 14 nitrogen and oxygen atoms in total. The van der Waals surface area contributed by atoms with Gasteiger partial charge in [0, 0.05) is 11.1 Å². The van der Waals surface area contributed by atoms with Crippen LogP contribution in [0, 0.1) is 11.8 Å². The van der Waals surface area contributed by atoms with Gasteiger partial charge in [-0.1, -0.05) is 119 Å². The molecule has 65 heavy (non-hydrogen) atoms. The number of nitrogens with one attached hydrogen (secondary N) is 4. The van der Waals surface area contributed by atoms with E-state index in [0.29, 0.717) is 50.0 Å². The zero-order chi connectivity index (χ0) is 46.7. The summed E-state index contributed by atoms with van der Waals surface area (Å²) in [7, 11) is 0. The van der Waals surface area contributed by atoms with Crippen molar-refractivity contribution >= 4 is 51.2 Å². The lowest BCUT2D eigenvalue weighted by molar-refractivity contribution is -0.459. The van der Waals surface area contributed by atoms with Crippen LogP contribution in [0.4, 0.5) is 0 Å². The lowest BCUT2D eigenvalue weighted by atomic mass is 9.92. The van der Waals surface area contributed by atoms with Crippen LogP contribution in [-0.4, -0.2) is 74.1 Å². The number of hydrogen-bond donors (Lipinski definition) is 7. The van der Waals surface area contributed by atoms with Gasteiger partial charge in [0.05, 0.1) is 19.7 Å². The molecule has 0 bridgehead atoms. The maximum atomic E-state index is 14.2. The van der Waals surface area contributed by atoms with Crippen LogP contribution < -0.4 is 47.6 Å². The van der Waals surface area contributed by atoms with Crippen LogP contribution in [0.25, 0.3) is 32.7 Å². The number of quaternary nitrogens is 1. The number of amides is 3. The van der Waals surface area contributed by atoms with Crippen molar-refractivity contribution < 1.29 is 44.1 Å². The topological polar surface area (TPSA) is 226 Å². The molecule has 5 aromatic carbocycles. The quantitative estimate of drug-likeness (QED) is 0.0195. The highest BCUT2D eigenvalue weighted by Crippen LogP contribution is 2.45. The van der Waals surface area contributed by atoms with E-state index in [0.717, 1.165) is 51.1 Å². The van der Waals surface area contributed by atoms with Crippen LogP contribution in [0.3, 0.4) is 0 Å². The van der Waals surface area contributed by atoms with Crippen molar-refractivity contribution in [3.63, 3.8) is 0 Å². The summed E-state index contributed by atoms with van der Waals surface area (Å²) < 4.78 is 18.5. The van der Waals surface area contributed by atoms with Crippen LogP contribution in [-0.2, 0) is 30.5 Å². The van der Waals surface area contributed by atoms with E-state index in [1.54, 1.807) is 13.8 Å². The molecule has 5 rings (SSSR count).